The van der Waals surface area contributed by atoms with Gasteiger partial charge < -0.3 is 15.2 Å². The quantitative estimate of drug-likeness (QED) is 0.721. The molecule has 6 nitrogen and oxygen atoms in total. The van der Waals surface area contributed by atoms with E-state index in [1.165, 1.54) is 0 Å². The molecule has 2 aromatic carbocycles. The zero-order chi connectivity index (χ0) is 19.9. The molecule has 1 amide bonds. The molecule has 1 fully saturated rings. The maximum absolute atomic E-state index is 12.2. The number of likely N-dealkylation sites (tertiary alicyclic amines) is 1. The molecule has 146 valence electrons. The second-order valence-electron chi connectivity index (χ2n) is 6.79. The molecule has 2 N–H and O–H groups in total. The molecule has 0 unspecified atom stereocenters. The van der Waals surface area contributed by atoms with Gasteiger partial charge in [-0.3, -0.25) is 9.69 Å². The summed E-state index contributed by atoms with van der Waals surface area (Å²) in [4.78, 5) is 25.9. The molecular weight excluding hydrogens is 356 g/mol. The number of carbonyl (C=O) groups excluding carboxylic acids is 1. The van der Waals surface area contributed by atoms with E-state index >= 15 is 0 Å². The standard InChI is InChI=1S/C22H24N2O4/c1-2-19-18(23-22(27)28-15-17-11-7-4-8-12-17)13-20(21(25)26)24(19)14-16-9-5-3-6-10-16/h2-12,18-20H,1,13-15H2,(H,23,27)(H,25,26)/t18-,19+,20-/m1/s1. The number of aliphatic carboxylic acids is 1. The van der Waals surface area contributed by atoms with Crippen molar-refractivity contribution in [2.45, 2.75) is 37.7 Å². The number of carboxylic acids is 1. The highest BCUT2D eigenvalue weighted by molar-refractivity contribution is 5.75. The van der Waals surface area contributed by atoms with Crippen molar-refractivity contribution in [3.05, 3.63) is 84.4 Å². The fraction of sp³-hybridized carbons (Fsp3) is 0.273. The van der Waals surface area contributed by atoms with Gasteiger partial charge in [0.2, 0.25) is 0 Å². The van der Waals surface area contributed by atoms with Crippen molar-refractivity contribution in [1.29, 1.82) is 0 Å². The summed E-state index contributed by atoms with van der Waals surface area (Å²) in [6.45, 7) is 4.48. The average molecular weight is 380 g/mol. The van der Waals surface area contributed by atoms with Crippen molar-refractivity contribution in [3.8, 4) is 0 Å². The molecular formula is C22H24N2O4. The van der Waals surface area contributed by atoms with E-state index in [2.05, 4.69) is 11.9 Å². The normalized spacial score (nSPS) is 21.8. The number of amides is 1. The first-order chi connectivity index (χ1) is 13.6. The number of rotatable bonds is 7. The van der Waals surface area contributed by atoms with E-state index in [1.807, 2.05) is 65.6 Å². The lowest BCUT2D eigenvalue weighted by atomic mass is 10.1. The van der Waals surface area contributed by atoms with E-state index in [0.717, 1.165) is 11.1 Å². The first kappa shape index (κ1) is 19.6. The van der Waals surface area contributed by atoms with Gasteiger partial charge in [0.25, 0.3) is 0 Å². The number of alkyl carbamates (subject to hydrolysis) is 1. The van der Waals surface area contributed by atoms with Crippen LogP contribution in [0.4, 0.5) is 4.79 Å². The van der Waals surface area contributed by atoms with Crippen LogP contribution in [0.5, 0.6) is 0 Å². The Hall–Kier alpha value is -3.12. The molecule has 0 aliphatic carbocycles. The maximum atomic E-state index is 12.2. The van der Waals surface area contributed by atoms with Crippen molar-refractivity contribution < 1.29 is 19.4 Å². The summed E-state index contributed by atoms with van der Waals surface area (Å²) in [5, 5.41) is 12.5. The molecule has 1 aliphatic rings. The predicted molar refractivity (Wildman–Crippen MR) is 106 cm³/mol. The highest BCUT2D eigenvalue weighted by atomic mass is 16.5. The molecule has 0 aromatic heterocycles. The van der Waals surface area contributed by atoms with E-state index in [9.17, 15) is 14.7 Å². The van der Waals surface area contributed by atoms with Crippen molar-refractivity contribution in [3.63, 3.8) is 0 Å². The van der Waals surface area contributed by atoms with Crippen molar-refractivity contribution in [1.82, 2.24) is 10.2 Å². The highest BCUT2D eigenvalue weighted by Crippen LogP contribution is 2.28. The fourth-order valence-corrected chi connectivity index (χ4v) is 3.57. The third-order valence-corrected chi connectivity index (χ3v) is 4.92. The number of ether oxygens (including phenoxy) is 1. The largest absolute Gasteiger partial charge is 0.480 e. The lowest BCUT2D eigenvalue weighted by Crippen LogP contribution is -2.45. The molecule has 0 saturated carbocycles. The van der Waals surface area contributed by atoms with E-state index in [4.69, 9.17) is 4.74 Å². The van der Waals surface area contributed by atoms with Crippen LogP contribution >= 0.6 is 0 Å². The molecule has 6 heteroatoms. The van der Waals surface area contributed by atoms with Crippen LogP contribution in [0.3, 0.4) is 0 Å². The summed E-state index contributed by atoms with van der Waals surface area (Å²) < 4.78 is 5.28. The number of hydrogen-bond donors (Lipinski definition) is 2. The zero-order valence-electron chi connectivity index (χ0n) is 15.5. The minimum atomic E-state index is -0.912. The SMILES string of the molecule is C=C[C@H]1[C@H](NC(=O)OCc2ccccc2)C[C@H](C(=O)O)N1Cc1ccccc1. The van der Waals surface area contributed by atoms with Gasteiger partial charge in [0.1, 0.15) is 12.6 Å². The predicted octanol–water partition coefficient (Wildman–Crippen LogP) is 3.20. The minimum absolute atomic E-state index is 0.161. The Kier molecular flexibility index (Phi) is 6.45. The van der Waals surface area contributed by atoms with Crippen LogP contribution in [-0.2, 0) is 22.7 Å². The van der Waals surface area contributed by atoms with Gasteiger partial charge in [-0.25, -0.2) is 4.79 Å². The van der Waals surface area contributed by atoms with E-state index < -0.39 is 18.1 Å². The lowest BCUT2D eigenvalue weighted by Gasteiger charge is -2.27. The van der Waals surface area contributed by atoms with Gasteiger partial charge >= 0.3 is 12.1 Å². The molecule has 3 atom stereocenters. The monoisotopic (exact) mass is 380 g/mol. The molecule has 0 radical (unpaired) electrons. The van der Waals surface area contributed by atoms with Gasteiger partial charge in [-0.05, 0) is 17.5 Å². The Morgan fingerprint density at radius 1 is 1.11 bits per heavy atom. The lowest BCUT2D eigenvalue weighted by molar-refractivity contribution is -0.142. The minimum Gasteiger partial charge on any atom is -0.480 e. The van der Waals surface area contributed by atoms with Crippen molar-refractivity contribution >= 4 is 12.1 Å². The molecule has 28 heavy (non-hydrogen) atoms. The average Bonchev–Trinajstić information content (AvgIpc) is 3.05. The maximum Gasteiger partial charge on any atom is 0.407 e. The third kappa shape index (κ3) is 4.78. The second-order valence-corrected chi connectivity index (χ2v) is 6.79. The molecule has 0 bridgehead atoms. The van der Waals surface area contributed by atoms with Gasteiger partial charge in [0, 0.05) is 12.6 Å². The van der Waals surface area contributed by atoms with Gasteiger partial charge in [-0.15, -0.1) is 6.58 Å². The van der Waals surface area contributed by atoms with Crippen LogP contribution < -0.4 is 5.32 Å². The first-order valence-electron chi connectivity index (χ1n) is 9.20. The fourth-order valence-electron chi connectivity index (χ4n) is 3.57. The van der Waals surface area contributed by atoms with E-state index in [-0.39, 0.29) is 18.7 Å². The summed E-state index contributed by atoms with van der Waals surface area (Å²) in [6.07, 6.45) is 1.42. The van der Waals surface area contributed by atoms with Crippen LogP contribution in [0.2, 0.25) is 0 Å². The van der Waals surface area contributed by atoms with Crippen molar-refractivity contribution in [2.75, 3.05) is 0 Å². The summed E-state index contributed by atoms with van der Waals surface area (Å²) in [7, 11) is 0. The third-order valence-electron chi connectivity index (χ3n) is 4.92. The Labute approximate surface area is 164 Å². The number of nitrogens with one attached hydrogen (secondary N) is 1. The van der Waals surface area contributed by atoms with Gasteiger partial charge in [0.15, 0.2) is 0 Å². The van der Waals surface area contributed by atoms with Gasteiger partial charge in [-0.1, -0.05) is 66.7 Å². The Balaban J connectivity index is 1.66. The molecule has 1 aliphatic heterocycles. The Morgan fingerprint density at radius 3 is 2.29 bits per heavy atom. The zero-order valence-corrected chi connectivity index (χ0v) is 15.5. The summed E-state index contributed by atoms with van der Waals surface area (Å²) in [5.41, 5.74) is 1.89. The molecule has 2 aromatic rings. The number of hydrogen-bond acceptors (Lipinski definition) is 4. The van der Waals surface area contributed by atoms with E-state index in [1.54, 1.807) is 6.08 Å². The van der Waals surface area contributed by atoms with Gasteiger partial charge in [-0.2, -0.15) is 0 Å². The molecule has 1 heterocycles. The number of nitrogens with zero attached hydrogens (tertiary/aromatic N) is 1. The first-order valence-corrected chi connectivity index (χ1v) is 9.20. The summed E-state index contributed by atoms with van der Waals surface area (Å²) in [5.74, 6) is -0.912. The Bertz CT molecular complexity index is 810. The summed E-state index contributed by atoms with van der Waals surface area (Å²) >= 11 is 0. The smallest absolute Gasteiger partial charge is 0.407 e. The molecule has 0 spiro atoms. The molecule has 1 saturated heterocycles. The van der Waals surface area contributed by atoms with Crippen molar-refractivity contribution in [2.24, 2.45) is 0 Å². The highest BCUT2D eigenvalue weighted by Gasteiger charge is 2.44. The second kappa shape index (κ2) is 9.19. The van der Waals surface area contributed by atoms with Crippen LogP contribution in [0.1, 0.15) is 17.5 Å². The van der Waals surface area contributed by atoms with Crippen LogP contribution in [0, 0.1) is 0 Å². The molecule has 3 rings (SSSR count). The van der Waals surface area contributed by atoms with Gasteiger partial charge in [0.05, 0.1) is 6.04 Å². The topological polar surface area (TPSA) is 78.9 Å². The van der Waals surface area contributed by atoms with Crippen LogP contribution in [-0.4, -0.2) is 40.2 Å². The Morgan fingerprint density at radius 2 is 1.71 bits per heavy atom. The van der Waals surface area contributed by atoms with E-state index in [0.29, 0.717) is 13.0 Å². The van der Waals surface area contributed by atoms with Crippen LogP contribution in [0.25, 0.3) is 0 Å². The number of carbonyl (C=O) groups is 2. The summed E-state index contributed by atoms with van der Waals surface area (Å²) in [6, 6.07) is 17.7. The number of benzene rings is 2. The number of carboxylic acid groups (broad SMARTS) is 1. The van der Waals surface area contributed by atoms with Crippen LogP contribution in [0.15, 0.2) is 73.3 Å².